The van der Waals surface area contributed by atoms with E-state index in [0.29, 0.717) is 6.07 Å². The summed E-state index contributed by atoms with van der Waals surface area (Å²) < 4.78 is 38.6. The zero-order chi connectivity index (χ0) is 11.6. The van der Waals surface area contributed by atoms with Gasteiger partial charge >= 0.3 is 5.97 Å². The van der Waals surface area contributed by atoms with Gasteiger partial charge in [-0.1, -0.05) is 11.6 Å². The summed E-state index contributed by atoms with van der Waals surface area (Å²) in [6.07, 6.45) is -0.615. The molecule has 82 valence electrons. The van der Waals surface area contributed by atoms with Crippen LogP contribution in [0.1, 0.15) is 12.0 Å². The molecule has 1 aromatic rings. The van der Waals surface area contributed by atoms with Gasteiger partial charge in [0, 0.05) is 6.42 Å². The third-order valence-corrected chi connectivity index (χ3v) is 2.12. The predicted molar refractivity (Wildman–Crippen MR) is 47.3 cm³/mol. The number of hydrogen-bond acceptors (Lipinski definition) is 1. The van der Waals surface area contributed by atoms with E-state index < -0.39 is 28.4 Å². The summed E-state index contributed by atoms with van der Waals surface area (Å²) in [4.78, 5) is 10.2. The van der Waals surface area contributed by atoms with Crippen LogP contribution in [-0.4, -0.2) is 11.1 Å². The van der Waals surface area contributed by atoms with Crippen LogP contribution in [0.5, 0.6) is 0 Å². The molecule has 0 saturated heterocycles. The number of carbonyl (C=O) groups is 1. The molecule has 0 aliphatic heterocycles. The Bertz CT molecular complexity index is 407. The van der Waals surface area contributed by atoms with Gasteiger partial charge in [-0.2, -0.15) is 0 Å². The van der Waals surface area contributed by atoms with Gasteiger partial charge in [0.1, 0.15) is 10.8 Å². The van der Waals surface area contributed by atoms with Crippen molar-refractivity contribution in [1.29, 1.82) is 0 Å². The summed E-state index contributed by atoms with van der Waals surface area (Å²) in [5.74, 6) is -5.03. The van der Waals surface area contributed by atoms with Crippen LogP contribution < -0.4 is 0 Å². The molecule has 0 aromatic heterocycles. The second-order valence-electron chi connectivity index (χ2n) is 2.85. The minimum Gasteiger partial charge on any atom is -0.481 e. The van der Waals surface area contributed by atoms with E-state index in [9.17, 15) is 18.0 Å². The minimum absolute atomic E-state index is 0.238. The van der Waals surface area contributed by atoms with Gasteiger partial charge in [0.2, 0.25) is 0 Å². The molecule has 0 spiro atoms. The first kappa shape index (κ1) is 11.8. The molecule has 1 rings (SSSR count). The quantitative estimate of drug-likeness (QED) is 0.649. The lowest BCUT2D eigenvalue weighted by atomic mass is 10.1. The van der Waals surface area contributed by atoms with Crippen molar-refractivity contribution in [3.8, 4) is 0 Å². The number of halogens is 4. The zero-order valence-corrected chi connectivity index (χ0v) is 8.11. The third kappa shape index (κ3) is 2.62. The molecule has 2 nitrogen and oxygen atoms in total. The van der Waals surface area contributed by atoms with Gasteiger partial charge in [-0.15, -0.1) is 0 Å². The summed E-state index contributed by atoms with van der Waals surface area (Å²) in [6.45, 7) is 0. The van der Waals surface area contributed by atoms with E-state index in [1.807, 2.05) is 0 Å². The molecule has 1 N–H and O–H groups in total. The van der Waals surface area contributed by atoms with E-state index in [-0.39, 0.29) is 18.4 Å². The Labute approximate surface area is 88.3 Å². The molecule has 0 fully saturated rings. The first-order valence-corrected chi connectivity index (χ1v) is 4.35. The summed E-state index contributed by atoms with van der Waals surface area (Å²) in [7, 11) is 0. The predicted octanol–water partition coefficient (Wildman–Crippen LogP) is 2.77. The van der Waals surface area contributed by atoms with Crippen LogP contribution in [0.15, 0.2) is 6.07 Å². The highest BCUT2D eigenvalue weighted by molar-refractivity contribution is 6.31. The van der Waals surface area contributed by atoms with Gasteiger partial charge in [0.25, 0.3) is 0 Å². The second kappa shape index (κ2) is 4.53. The maximum atomic E-state index is 13.2. The zero-order valence-electron chi connectivity index (χ0n) is 7.36. The largest absolute Gasteiger partial charge is 0.481 e. The smallest absolute Gasteiger partial charge is 0.303 e. The van der Waals surface area contributed by atoms with Crippen LogP contribution in [0.4, 0.5) is 13.2 Å². The van der Waals surface area contributed by atoms with Crippen LogP contribution in [0.25, 0.3) is 0 Å². The summed E-state index contributed by atoms with van der Waals surface area (Å²) >= 11 is 5.17. The van der Waals surface area contributed by atoms with Crippen molar-refractivity contribution in [2.45, 2.75) is 12.8 Å². The summed E-state index contributed by atoms with van der Waals surface area (Å²) in [5, 5.41) is 7.39. The Hall–Kier alpha value is -1.23. The molecule has 0 radical (unpaired) electrons. The maximum Gasteiger partial charge on any atom is 0.303 e. The average molecular weight is 239 g/mol. The number of aliphatic carboxylic acids is 1. The van der Waals surface area contributed by atoms with Crippen LogP contribution in [0.3, 0.4) is 0 Å². The lowest BCUT2D eigenvalue weighted by molar-refractivity contribution is -0.136. The van der Waals surface area contributed by atoms with Gasteiger partial charge in [0.05, 0.1) is 0 Å². The highest BCUT2D eigenvalue weighted by atomic mass is 35.5. The Kier molecular flexibility index (Phi) is 3.57. The number of carboxylic acid groups (broad SMARTS) is 1. The average Bonchev–Trinajstić information content (AvgIpc) is 2.18. The molecule has 0 heterocycles. The SMILES string of the molecule is O=C(O)CCc1cc(F)c(F)c(Cl)c1F. The highest BCUT2D eigenvalue weighted by Gasteiger charge is 2.17. The molecular formula is C9H6ClF3O2. The van der Waals surface area contributed by atoms with Crippen LogP contribution >= 0.6 is 11.6 Å². The number of carboxylic acids is 1. The van der Waals surface area contributed by atoms with Crippen molar-refractivity contribution in [1.82, 2.24) is 0 Å². The van der Waals surface area contributed by atoms with E-state index in [2.05, 4.69) is 0 Å². The van der Waals surface area contributed by atoms with E-state index >= 15 is 0 Å². The van der Waals surface area contributed by atoms with E-state index in [1.165, 1.54) is 0 Å². The van der Waals surface area contributed by atoms with Crippen molar-refractivity contribution in [3.63, 3.8) is 0 Å². The van der Waals surface area contributed by atoms with Gasteiger partial charge in [-0.25, -0.2) is 13.2 Å². The molecular weight excluding hydrogens is 233 g/mol. The molecule has 0 unspecified atom stereocenters. The molecule has 1 aromatic carbocycles. The van der Waals surface area contributed by atoms with E-state index in [0.717, 1.165) is 0 Å². The maximum absolute atomic E-state index is 13.2. The lowest BCUT2D eigenvalue weighted by Gasteiger charge is -2.04. The fourth-order valence-electron chi connectivity index (χ4n) is 1.05. The van der Waals surface area contributed by atoms with Crippen LogP contribution in [-0.2, 0) is 11.2 Å². The normalized spacial score (nSPS) is 10.4. The highest BCUT2D eigenvalue weighted by Crippen LogP contribution is 2.25. The van der Waals surface area contributed by atoms with Gasteiger partial charge in [-0.3, -0.25) is 4.79 Å². The minimum atomic E-state index is -1.46. The Morgan fingerprint density at radius 2 is 1.93 bits per heavy atom. The fraction of sp³-hybridized carbons (Fsp3) is 0.222. The van der Waals surface area contributed by atoms with Gasteiger partial charge in [-0.05, 0) is 18.1 Å². The Morgan fingerprint density at radius 1 is 1.33 bits per heavy atom. The number of rotatable bonds is 3. The monoisotopic (exact) mass is 238 g/mol. The first-order valence-electron chi connectivity index (χ1n) is 3.97. The van der Waals surface area contributed by atoms with Crippen molar-refractivity contribution in [2.75, 3.05) is 0 Å². The van der Waals surface area contributed by atoms with E-state index in [1.54, 1.807) is 0 Å². The number of hydrogen-bond donors (Lipinski definition) is 1. The van der Waals surface area contributed by atoms with E-state index in [4.69, 9.17) is 16.7 Å². The Morgan fingerprint density at radius 3 is 2.47 bits per heavy atom. The topological polar surface area (TPSA) is 37.3 Å². The first-order chi connectivity index (χ1) is 6.93. The molecule has 15 heavy (non-hydrogen) atoms. The molecule has 0 bridgehead atoms. The van der Waals surface area contributed by atoms with Crippen molar-refractivity contribution >= 4 is 17.6 Å². The van der Waals surface area contributed by atoms with Gasteiger partial charge < -0.3 is 5.11 Å². The van der Waals surface area contributed by atoms with Crippen molar-refractivity contribution in [2.24, 2.45) is 0 Å². The Balaban J connectivity index is 3.04. The molecule has 0 aliphatic rings. The molecule has 0 aliphatic carbocycles. The second-order valence-corrected chi connectivity index (χ2v) is 3.23. The fourth-order valence-corrected chi connectivity index (χ4v) is 1.26. The molecule has 0 atom stereocenters. The number of aryl methyl sites for hydroxylation is 1. The number of benzene rings is 1. The summed E-state index contributed by atoms with van der Waals surface area (Å²) in [6, 6.07) is 0.611. The van der Waals surface area contributed by atoms with Crippen LogP contribution in [0.2, 0.25) is 5.02 Å². The van der Waals surface area contributed by atoms with Crippen molar-refractivity contribution in [3.05, 3.63) is 34.1 Å². The summed E-state index contributed by atoms with van der Waals surface area (Å²) in [5.41, 5.74) is -0.249. The van der Waals surface area contributed by atoms with Crippen molar-refractivity contribution < 1.29 is 23.1 Å². The standard InChI is InChI=1S/C9H6ClF3O2/c10-7-8(12)4(1-2-6(14)15)3-5(11)9(7)13/h3H,1-2H2,(H,14,15). The molecule has 6 heteroatoms. The molecule has 0 amide bonds. The van der Waals surface area contributed by atoms with Gasteiger partial charge in [0.15, 0.2) is 11.6 Å². The molecule has 0 saturated carbocycles. The third-order valence-electron chi connectivity index (χ3n) is 1.79. The lowest BCUT2D eigenvalue weighted by Crippen LogP contribution is -2.02. The van der Waals surface area contributed by atoms with Crippen LogP contribution in [0, 0.1) is 17.5 Å².